The minimum absolute atomic E-state index is 0.610. The Bertz CT molecular complexity index is 290. The van der Waals surface area contributed by atoms with Gasteiger partial charge in [-0.25, -0.2) is 0 Å². The molecular formula is C15H26BrN. The summed E-state index contributed by atoms with van der Waals surface area (Å²) in [4.78, 5) is 0. The van der Waals surface area contributed by atoms with Crippen molar-refractivity contribution in [3.63, 3.8) is 0 Å². The molecule has 0 aromatic rings. The Labute approximate surface area is 115 Å². The van der Waals surface area contributed by atoms with E-state index in [0.29, 0.717) is 11.8 Å². The van der Waals surface area contributed by atoms with Crippen molar-refractivity contribution in [3.8, 4) is 0 Å². The molecule has 1 nitrogen and oxygen atoms in total. The molecule has 0 aliphatic carbocycles. The van der Waals surface area contributed by atoms with E-state index >= 15 is 0 Å². The first-order chi connectivity index (χ1) is 8.01. The number of hydrogen-bond donors (Lipinski definition) is 1. The van der Waals surface area contributed by atoms with E-state index in [0.717, 1.165) is 5.70 Å². The standard InChI is InChI=1S/C15H26BrN/c1-7-11(4)15(12(5)8-2)14(16)10-13(9-3)17-6/h9-12,17H,3,7-8H2,1-2,4-6H3/b13-10+,15-14?/t11-,12?/m1/s1. The first-order valence-electron chi connectivity index (χ1n) is 6.43. The summed E-state index contributed by atoms with van der Waals surface area (Å²) in [6, 6.07) is 0. The lowest BCUT2D eigenvalue weighted by Gasteiger charge is -2.22. The van der Waals surface area contributed by atoms with Crippen molar-refractivity contribution in [1.29, 1.82) is 0 Å². The lowest BCUT2D eigenvalue weighted by atomic mass is 9.86. The molecule has 0 aliphatic rings. The van der Waals surface area contributed by atoms with Crippen LogP contribution in [0.25, 0.3) is 0 Å². The number of allylic oxidation sites excluding steroid dienone is 4. The Morgan fingerprint density at radius 1 is 1.24 bits per heavy atom. The van der Waals surface area contributed by atoms with E-state index in [4.69, 9.17) is 0 Å². The number of hydrogen-bond acceptors (Lipinski definition) is 1. The van der Waals surface area contributed by atoms with Gasteiger partial charge in [0.2, 0.25) is 0 Å². The van der Waals surface area contributed by atoms with E-state index in [1.807, 2.05) is 13.1 Å². The van der Waals surface area contributed by atoms with Gasteiger partial charge in [-0.05, 0) is 36.8 Å². The number of halogens is 1. The molecule has 1 unspecified atom stereocenters. The van der Waals surface area contributed by atoms with Crippen LogP contribution in [0.15, 0.2) is 34.5 Å². The molecule has 0 saturated carbocycles. The van der Waals surface area contributed by atoms with Crippen LogP contribution in [0.5, 0.6) is 0 Å². The van der Waals surface area contributed by atoms with Crippen molar-refractivity contribution < 1.29 is 0 Å². The summed E-state index contributed by atoms with van der Waals surface area (Å²) in [5.41, 5.74) is 2.55. The molecule has 0 spiro atoms. The third-order valence-corrected chi connectivity index (χ3v) is 4.04. The maximum atomic E-state index is 3.80. The predicted molar refractivity (Wildman–Crippen MR) is 82.2 cm³/mol. The van der Waals surface area contributed by atoms with Gasteiger partial charge in [-0.2, -0.15) is 0 Å². The molecule has 2 heteroatoms. The fourth-order valence-corrected chi connectivity index (χ4v) is 2.88. The normalized spacial score (nSPS) is 17.2. The highest BCUT2D eigenvalue weighted by Crippen LogP contribution is 2.31. The van der Waals surface area contributed by atoms with E-state index in [2.05, 4.69) is 61.6 Å². The maximum absolute atomic E-state index is 3.80. The lowest BCUT2D eigenvalue weighted by Crippen LogP contribution is -2.09. The van der Waals surface area contributed by atoms with Crippen LogP contribution in [-0.2, 0) is 0 Å². The van der Waals surface area contributed by atoms with Gasteiger partial charge in [0.05, 0.1) is 0 Å². The summed E-state index contributed by atoms with van der Waals surface area (Å²) in [7, 11) is 1.92. The summed E-state index contributed by atoms with van der Waals surface area (Å²) in [5, 5.41) is 3.13. The van der Waals surface area contributed by atoms with Crippen molar-refractivity contribution in [2.24, 2.45) is 11.8 Å². The molecule has 0 bridgehead atoms. The van der Waals surface area contributed by atoms with Crippen LogP contribution in [-0.4, -0.2) is 7.05 Å². The van der Waals surface area contributed by atoms with Gasteiger partial charge < -0.3 is 5.32 Å². The molecule has 0 fully saturated rings. The largest absolute Gasteiger partial charge is 0.388 e. The van der Waals surface area contributed by atoms with E-state index < -0.39 is 0 Å². The van der Waals surface area contributed by atoms with Crippen molar-refractivity contribution in [1.82, 2.24) is 5.32 Å². The quantitative estimate of drug-likeness (QED) is 0.651. The van der Waals surface area contributed by atoms with Crippen molar-refractivity contribution >= 4 is 15.9 Å². The number of likely N-dealkylation sites (N-methyl/N-ethyl adjacent to an activating group) is 1. The Balaban J connectivity index is 5.37. The second-order valence-corrected chi connectivity index (χ2v) is 5.33. The first kappa shape index (κ1) is 16.5. The predicted octanol–water partition coefficient (Wildman–Crippen LogP) is 5.02. The van der Waals surface area contributed by atoms with Gasteiger partial charge in [0.1, 0.15) is 0 Å². The van der Waals surface area contributed by atoms with Crippen LogP contribution < -0.4 is 5.32 Å². The van der Waals surface area contributed by atoms with Gasteiger partial charge >= 0.3 is 0 Å². The second-order valence-electron chi connectivity index (χ2n) is 4.48. The molecule has 0 aromatic heterocycles. The van der Waals surface area contributed by atoms with Gasteiger partial charge in [0.25, 0.3) is 0 Å². The van der Waals surface area contributed by atoms with E-state index in [-0.39, 0.29) is 0 Å². The van der Waals surface area contributed by atoms with Gasteiger partial charge in [0, 0.05) is 17.2 Å². The topological polar surface area (TPSA) is 12.0 Å². The van der Waals surface area contributed by atoms with Crippen molar-refractivity contribution in [2.45, 2.75) is 40.5 Å². The molecular weight excluding hydrogens is 274 g/mol. The SMILES string of the molecule is C=C/C(=C\C(Br)=C(C(C)CC)[C@H](C)CC)NC. The third-order valence-electron chi connectivity index (χ3n) is 3.35. The van der Waals surface area contributed by atoms with Gasteiger partial charge in [-0.15, -0.1) is 0 Å². The van der Waals surface area contributed by atoms with Crippen molar-refractivity contribution in [3.05, 3.63) is 34.5 Å². The number of nitrogens with one attached hydrogen (secondary N) is 1. The van der Waals surface area contributed by atoms with Crippen LogP contribution in [0.2, 0.25) is 0 Å². The highest BCUT2D eigenvalue weighted by atomic mass is 79.9. The van der Waals surface area contributed by atoms with Crippen LogP contribution in [0.3, 0.4) is 0 Å². The van der Waals surface area contributed by atoms with Crippen molar-refractivity contribution in [2.75, 3.05) is 7.05 Å². The second kappa shape index (κ2) is 8.57. The van der Waals surface area contributed by atoms with Crippen LogP contribution in [0.1, 0.15) is 40.5 Å². The zero-order valence-corrected chi connectivity index (χ0v) is 13.4. The summed E-state index contributed by atoms with van der Waals surface area (Å²) in [6.07, 6.45) is 6.31. The van der Waals surface area contributed by atoms with E-state index in [1.165, 1.54) is 22.9 Å². The molecule has 0 radical (unpaired) electrons. The average Bonchev–Trinajstić information content (AvgIpc) is 2.35. The highest BCUT2D eigenvalue weighted by molar-refractivity contribution is 9.11. The first-order valence-corrected chi connectivity index (χ1v) is 7.22. The molecule has 17 heavy (non-hydrogen) atoms. The molecule has 0 heterocycles. The Morgan fingerprint density at radius 3 is 2.00 bits per heavy atom. The smallest absolute Gasteiger partial charge is 0.0342 e. The summed E-state index contributed by atoms with van der Waals surface area (Å²) >= 11 is 3.72. The van der Waals surface area contributed by atoms with Gasteiger partial charge in [-0.3, -0.25) is 0 Å². The molecule has 98 valence electrons. The minimum Gasteiger partial charge on any atom is -0.388 e. The van der Waals surface area contributed by atoms with E-state index in [9.17, 15) is 0 Å². The molecule has 0 aromatic carbocycles. The zero-order chi connectivity index (χ0) is 13.4. The summed E-state index contributed by atoms with van der Waals surface area (Å²) < 4.78 is 1.20. The molecule has 0 amide bonds. The summed E-state index contributed by atoms with van der Waals surface area (Å²) in [6.45, 7) is 12.9. The molecule has 2 atom stereocenters. The fourth-order valence-electron chi connectivity index (χ4n) is 1.85. The van der Waals surface area contributed by atoms with Crippen LogP contribution >= 0.6 is 15.9 Å². The summed E-state index contributed by atoms with van der Waals surface area (Å²) in [5.74, 6) is 1.22. The fraction of sp³-hybridized carbons (Fsp3) is 0.600. The lowest BCUT2D eigenvalue weighted by molar-refractivity contribution is 0.529. The van der Waals surface area contributed by atoms with Gasteiger partial charge in [0.15, 0.2) is 0 Å². The maximum Gasteiger partial charge on any atom is 0.0342 e. The Morgan fingerprint density at radius 2 is 1.71 bits per heavy atom. The Kier molecular flexibility index (Phi) is 8.32. The molecule has 0 saturated heterocycles. The Hall–Kier alpha value is -0.500. The minimum atomic E-state index is 0.610. The molecule has 0 rings (SSSR count). The monoisotopic (exact) mass is 299 g/mol. The number of rotatable bonds is 7. The van der Waals surface area contributed by atoms with Crippen LogP contribution in [0.4, 0.5) is 0 Å². The average molecular weight is 300 g/mol. The van der Waals surface area contributed by atoms with Gasteiger partial charge in [-0.1, -0.05) is 55.8 Å². The van der Waals surface area contributed by atoms with E-state index in [1.54, 1.807) is 0 Å². The molecule has 1 N–H and O–H groups in total. The third kappa shape index (κ3) is 5.12. The highest BCUT2D eigenvalue weighted by Gasteiger charge is 2.16. The molecule has 0 aliphatic heterocycles. The van der Waals surface area contributed by atoms with Crippen LogP contribution in [0, 0.1) is 11.8 Å². The zero-order valence-electron chi connectivity index (χ0n) is 11.8.